The Morgan fingerprint density at radius 2 is 1.92 bits per heavy atom. The van der Waals surface area contributed by atoms with Crippen LogP contribution in [0.1, 0.15) is 5.56 Å². The zero-order valence-corrected chi connectivity index (χ0v) is 7.04. The molecule has 0 amide bonds. The van der Waals surface area contributed by atoms with E-state index in [4.69, 9.17) is 4.84 Å². The van der Waals surface area contributed by atoms with Gasteiger partial charge >= 0.3 is 0 Å². The first kappa shape index (κ1) is 10.1. The highest BCUT2D eigenvalue weighted by Gasteiger charge is 2.00. The highest BCUT2D eigenvalue weighted by Crippen LogP contribution is 1.99. The maximum Gasteiger partial charge on any atom is 0.253 e. The molecule has 1 rings (SSSR count). The molecule has 0 radical (unpaired) electrons. The molecule has 0 heterocycles. The molecule has 1 N–H and O–H groups in total. The summed E-state index contributed by atoms with van der Waals surface area (Å²) in [5.74, 6) is 0. The summed E-state index contributed by atoms with van der Waals surface area (Å²) in [6.45, 7) is -0.138. The average molecular weight is 187 g/mol. The lowest BCUT2D eigenvalue weighted by Gasteiger charge is -2.04. The molecule has 1 aromatic rings. The van der Waals surface area contributed by atoms with E-state index in [1.165, 1.54) is 0 Å². The fourth-order valence-corrected chi connectivity index (χ4v) is 0.831. The van der Waals surface area contributed by atoms with Gasteiger partial charge in [0.1, 0.15) is 0 Å². The third-order valence-electron chi connectivity index (χ3n) is 1.42. The van der Waals surface area contributed by atoms with Gasteiger partial charge in [-0.15, -0.1) is 0 Å². The van der Waals surface area contributed by atoms with Gasteiger partial charge in [0.2, 0.25) is 0 Å². The molecule has 0 aliphatic heterocycles. The van der Waals surface area contributed by atoms with Gasteiger partial charge in [-0.2, -0.15) is 5.48 Å². The topological polar surface area (TPSA) is 21.3 Å². The highest BCUT2D eigenvalue weighted by molar-refractivity contribution is 5.13. The molecular weight excluding hydrogens is 176 g/mol. The molecule has 0 aliphatic rings. The van der Waals surface area contributed by atoms with Gasteiger partial charge in [-0.3, -0.25) is 4.84 Å². The maximum absolute atomic E-state index is 11.6. The van der Waals surface area contributed by atoms with Crippen LogP contribution in [0.5, 0.6) is 0 Å². The molecule has 0 spiro atoms. The molecule has 4 heteroatoms. The van der Waals surface area contributed by atoms with Crippen LogP contribution in [0, 0.1) is 0 Å². The SMILES string of the molecule is FC(F)CNOCc1ccccc1. The Morgan fingerprint density at radius 3 is 2.54 bits per heavy atom. The summed E-state index contributed by atoms with van der Waals surface area (Å²) in [5, 5.41) is 0. The molecule has 13 heavy (non-hydrogen) atoms. The zero-order chi connectivity index (χ0) is 9.52. The van der Waals surface area contributed by atoms with Crippen molar-refractivity contribution in [3.8, 4) is 0 Å². The average Bonchev–Trinajstić information content (AvgIpc) is 2.14. The Morgan fingerprint density at radius 1 is 1.23 bits per heavy atom. The largest absolute Gasteiger partial charge is 0.297 e. The van der Waals surface area contributed by atoms with Crippen molar-refractivity contribution in [3.05, 3.63) is 35.9 Å². The number of hydrogen-bond acceptors (Lipinski definition) is 2. The van der Waals surface area contributed by atoms with E-state index in [0.717, 1.165) is 5.56 Å². The summed E-state index contributed by atoms with van der Waals surface area (Å²) in [7, 11) is 0. The lowest BCUT2D eigenvalue weighted by Crippen LogP contribution is -2.21. The lowest BCUT2D eigenvalue weighted by atomic mass is 10.2. The van der Waals surface area contributed by atoms with Crippen LogP contribution in [-0.4, -0.2) is 13.0 Å². The minimum atomic E-state index is -2.38. The van der Waals surface area contributed by atoms with Crippen molar-refractivity contribution in [2.75, 3.05) is 6.54 Å². The number of halogens is 2. The normalized spacial score (nSPS) is 10.7. The Kier molecular flexibility index (Phi) is 4.35. The predicted molar refractivity (Wildman–Crippen MR) is 45.2 cm³/mol. The number of nitrogens with one attached hydrogen (secondary N) is 1. The molecule has 0 aromatic heterocycles. The summed E-state index contributed by atoms with van der Waals surface area (Å²) in [6.07, 6.45) is -2.38. The number of rotatable bonds is 5. The van der Waals surface area contributed by atoms with Crippen LogP contribution in [0.2, 0.25) is 0 Å². The second kappa shape index (κ2) is 5.61. The van der Waals surface area contributed by atoms with E-state index in [1.807, 2.05) is 30.3 Å². The summed E-state index contributed by atoms with van der Waals surface area (Å²) in [6, 6.07) is 9.35. The molecule has 1 aromatic carbocycles. The smallest absolute Gasteiger partial charge is 0.253 e. The van der Waals surface area contributed by atoms with E-state index in [2.05, 4.69) is 5.48 Å². The standard InChI is InChI=1S/C9H11F2NO/c10-9(11)6-12-13-7-8-4-2-1-3-5-8/h1-5,9,12H,6-7H2. The van der Waals surface area contributed by atoms with E-state index in [9.17, 15) is 8.78 Å². The van der Waals surface area contributed by atoms with Crippen molar-refractivity contribution < 1.29 is 13.6 Å². The first-order valence-electron chi connectivity index (χ1n) is 3.96. The third kappa shape index (κ3) is 4.55. The second-order valence-electron chi connectivity index (χ2n) is 2.51. The minimum Gasteiger partial charge on any atom is -0.297 e. The minimum absolute atomic E-state index is 0.299. The van der Waals surface area contributed by atoms with Gasteiger partial charge in [0, 0.05) is 0 Å². The summed E-state index contributed by atoms with van der Waals surface area (Å²) in [5.41, 5.74) is 3.13. The molecule has 0 fully saturated rings. The van der Waals surface area contributed by atoms with Crippen molar-refractivity contribution in [2.45, 2.75) is 13.0 Å². The summed E-state index contributed by atoms with van der Waals surface area (Å²) < 4.78 is 23.2. The Balaban J connectivity index is 2.13. The number of alkyl halides is 2. The van der Waals surface area contributed by atoms with Gasteiger partial charge in [-0.25, -0.2) is 8.78 Å². The molecule has 0 saturated carbocycles. The summed E-state index contributed by atoms with van der Waals surface area (Å²) in [4.78, 5) is 4.80. The van der Waals surface area contributed by atoms with Gasteiger partial charge in [-0.1, -0.05) is 30.3 Å². The lowest BCUT2D eigenvalue weighted by molar-refractivity contribution is -0.00456. The Hall–Kier alpha value is -1.00. The van der Waals surface area contributed by atoms with Crippen LogP contribution in [0.3, 0.4) is 0 Å². The molecule has 0 unspecified atom stereocenters. The number of hydroxylamine groups is 1. The van der Waals surface area contributed by atoms with Crippen molar-refractivity contribution in [2.24, 2.45) is 0 Å². The first-order valence-corrected chi connectivity index (χ1v) is 3.96. The highest BCUT2D eigenvalue weighted by atomic mass is 19.3. The molecule has 0 bridgehead atoms. The predicted octanol–water partition coefficient (Wildman–Crippen LogP) is 1.97. The molecule has 0 aliphatic carbocycles. The van der Waals surface area contributed by atoms with Crippen LogP contribution in [0.4, 0.5) is 8.78 Å². The van der Waals surface area contributed by atoms with Gasteiger partial charge in [0.15, 0.2) is 0 Å². The van der Waals surface area contributed by atoms with Crippen molar-refractivity contribution in [3.63, 3.8) is 0 Å². The van der Waals surface area contributed by atoms with Crippen molar-refractivity contribution in [1.29, 1.82) is 0 Å². The Labute approximate surface area is 75.5 Å². The van der Waals surface area contributed by atoms with E-state index >= 15 is 0 Å². The van der Waals surface area contributed by atoms with Crippen molar-refractivity contribution in [1.82, 2.24) is 5.48 Å². The maximum atomic E-state index is 11.6. The second-order valence-corrected chi connectivity index (χ2v) is 2.51. The van der Waals surface area contributed by atoms with E-state index in [-0.39, 0.29) is 0 Å². The fraction of sp³-hybridized carbons (Fsp3) is 0.333. The molecule has 0 saturated heterocycles. The molecule has 72 valence electrons. The van der Waals surface area contributed by atoms with Crippen LogP contribution in [-0.2, 0) is 11.4 Å². The molecular formula is C9H11F2NO. The quantitative estimate of drug-likeness (QED) is 0.562. The van der Waals surface area contributed by atoms with Crippen LogP contribution in [0.15, 0.2) is 30.3 Å². The van der Waals surface area contributed by atoms with E-state index < -0.39 is 13.0 Å². The van der Waals surface area contributed by atoms with Gasteiger partial charge < -0.3 is 0 Å². The zero-order valence-electron chi connectivity index (χ0n) is 7.04. The number of benzene rings is 1. The van der Waals surface area contributed by atoms with E-state index in [1.54, 1.807) is 0 Å². The third-order valence-corrected chi connectivity index (χ3v) is 1.42. The first-order chi connectivity index (χ1) is 6.29. The van der Waals surface area contributed by atoms with Crippen LogP contribution < -0.4 is 5.48 Å². The monoisotopic (exact) mass is 187 g/mol. The number of hydrogen-bond donors (Lipinski definition) is 1. The Bertz CT molecular complexity index is 228. The van der Waals surface area contributed by atoms with E-state index in [0.29, 0.717) is 6.61 Å². The van der Waals surface area contributed by atoms with Crippen LogP contribution >= 0.6 is 0 Å². The van der Waals surface area contributed by atoms with Crippen LogP contribution in [0.25, 0.3) is 0 Å². The summed E-state index contributed by atoms with van der Waals surface area (Å²) >= 11 is 0. The van der Waals surface area contributed by atoms with Gasteiger partial charge in [-0.05, 0) is 5.56 Å². The molecule has 0 atom stereocenters. The van der Waals surface area contributed by atoms with Gasteiger partial charge in [0.25, 0.3) is 6.43 Å². The van der Waals surface area contributed by atoms with Gasteiger partial charge in [0.05, 0.1) is 13.2 Å². The molecule has 2 nitrogen and oxygen atoms in total. The fourth-order valence-electron chi connectivity index (χ4n) is 0.831. The van der Waals surface area contributed by atoms with Crippen molar-refractivity contribution >= 4 is 0 Å².